The number of rotatable bonds is 46. The van der Waals surface area contributed by atoms with E-state index in [1.54, 1.807) is 0 Å². The molecule has 0 heterocycles. The molecule has 0 aromatic heterocycles. The lowest BCUT2D eigenvalue weighted by atomic mass is 10.0. The number of aliphatic hydroxyl groups is 2. The van der Waals surface area contributed by atoms with Crippen LogP contribution in [0.25, 0.3) is 0 Å². The first kappa shape index (κ1) is 60.4. The van der Waals surface area contributed by atoms with Crippen molar-refractivity contribution in [3.63, 3.8) is 0 Å². The maximum absolute atomic E-state index is 12.6. The van der Waals surface area contributed by atoms with E-state index in [9.17, 15) is 24.2 Å². The van der Waals surface area contributed by atoms with Gasteiger partial charge in [0.1, 0.15) is 12.7 Å². The van der Waals surface area contributed by atoms with Crippen LogP contribution in [0.5, 0.6) is 0 Å². The molecule has 364 valence electrons. The molecular weight excluding hydrogens is 816 g/mol. The Morgan fingerprint density at radius 2 is 0.889 bits per heavy atom. The fraction of sp³-hybridized carbons (Fsp3) is 0.731. The fourth-order valence-corrected chi connectivity index (χ4v) is 7.26. The Labute approximate surface area is 384 Å². The van der Waals surface area contributed by atoms with E-state index < -0.39 is 51.8 Å². The molecule has 63 heavy (non-hydrogen) atoms. The molecule has 0 fully saturated rings. The predicted octanol–water partition coefficient (Wildman–Crippen LogP) is 14.0. The van der Waals surface area contributed by atoms with Crippen LogP contribution in [0.1, 0.15) is 206 Å². The van der Waals surface area contributed by atoms with Gasteiger partial charge in [0.15, 0.2) is 6.10 Å². The van der Waals surface area contributed by atoms with Crippen LogP contribution < -0.4 is 0 Å². The first-order valence-corrected chi connectivity index (χ1v) is 26.4. The largest absolute Gasteiger partial charge is 0.472 e. The summed E-state index contributed by atoms with van der Waals surface area (Å²) >= 11 is 0. The Morgan fingerprint density at radius 3 is 1.41 bits per heavy atom. The van der Waals surface area contributed by atoms with Gasteiger partial charge in [0.2, 0.25) is 0 Å². The minimum Gasteiger partial charge on any atom is -0.462 e. The molecule has 3 atom stereocenters. The minimum atomic E-state index is -4.64. The van der Waals surface area contributed by atoms with E-state index in [0.29, 0.717) is 12.8 Å². The molecule has 0 saturated carbocycles. The van der Waals surface area contributed by atoms with Crippen molar-refractivity contribution in [1.29, 1.82) is 0 Å². The zero-order chi connectivity index (χ0) is 46.2. The summed E-state index contributed by atoms with van der Waals surface area (Å²) < 4.78 is 32.7. The second-order valence-electron chi connectivity index (χ2n) is 16.5. The monoisotopic (exact) mass is 907 g/mol. The molecule has 0 bridgehead atoms. The summed E-state index contributed by atoms with van der Waals surface area (Å²) in [5.74, 6) is -1.01. The zero-order valence-corrected chi connectivity index (χ0v) is 40.7. The Morgan fingerprint density at radius 1 is 0.476 bits per heavy atom. The van der Waals surface area contributed by atoms with Crippen molar-refractivity contribution in [3.8, 4) is 0 Å². The van der Waals surface area contributed by atoms with Gasteiger partial charge in [0.25, 0.3) is 0 Å². The Bertz CT molecular complexity index is 1270. The van der Waals surface area contributed by atoms with E-state index in [1.807, 2.05) is 0 Å². The van der Waals surface area contributed by atoms with Crippen LogP contribution in [0.15, 0.2) is 72.9 Å². The number of hydrogen-bond donors (Lipinski definition) is 3. The van der Waals surface area contributed by atoms with Gasteiger partial charge in [-0.2, -0.15) is 0 Å². The minimum absolute atomic E-state index is 0.135. The van der Waals surface area contributed by atoms with Gasteiger partial charge in [-0.05, 0) is 83.5 Å². The number of carbonyl (C=O) groups excluding carboxylic acids is 2. The molecule has 0 aromatic rings. The summed E-state index contributed by atoms with van der Waals surface area (Å²) in [4.78, 5) is 35.1. The Balaban J connectivity index is 4.29. The predicted molar refractivity (Wildman–Crippen MR) is 260 cm³/mol. The average molecular weight is 907 g/mol. The maximum atomic E-state index is 12.6. The summed E-state index contributed by atoms with van der Waals surface area (Å²) in [6.45, 7) is 2.25. The molecule has 0 saturated heterocycles. The van der Waals surface area contributed by atoms with E-state index in [2.05, 4.69) is 86.8 Å². The number of esters is 2. The van der Waals surface area contributed by atoms with Gasteiger partial charge in [-0.1, -0.05) is 183 Å². The molecule has 0 aromatic carbocycles. The van der Waals surface area contributed by atoms with Crippen LogP contribution in [-0.4, -0.2) is 65.7 Å². The van der Waals surface area contributed by atoms with E-state index >= 15 is 0 Å². The van der Waals surface area contributed by atoms with Crippen LogP contribution in [0.2, 0.25) is 0 Å². The molecule has 11 heteroatoms. The standard InChI is InChI=1S/C52H91O10P/c1-3-5-7-9-11-13-15-17-19-21-22-23-24-25-26-28-29-31-33-35-37-39-41-43-51(55)59-47-50(48-61-63(57,58)60-46-49(54)45-53)62-52(56)44-42-40-38-36-34-32-30-27-20-18-16-14-12-10-8-6-4-2/h8,10,14,16,20,27-29,32,34-35,37,49-50,53-54H,3-7,9,11-13,15,17-19,21-26,30-31,33,36,38-48H2,1-2H3,(H,57,58)/b10-8+,16-14+,27-20+,29-28+,34-32+,37-35+/t49-,50+/m1/s1. The Kier molecular flexibility index (Phi) is 45.4. The molecule has 3 N–H and O–H groups in total. The molecule has 0 spiro atoms. The van der Waals surface area contributed by atoms with Gasteiger partial charge in [0, 0.05) is 12.8 Å². The molecule has 1 unspecified atom stereocenters. The van der Waals surface area contributed by atoms with Crippen LogP contribution in [0.4, 0.5) is 0 Å². The highest BCUT2D eigenvalue weighted by atomic mass is 31.2. The highest BCUT2D eigenvalue weighted by Gasteiger charge is 2.27. The van der Waals surface area contributed by atoms with Gasteiger partial charge in [-0.15, -0.1) is 0 Å². The van der Waals surface area contributed by atoms with E-state index in [4.69, 9.17) is 23.6 Å². The molecule has 0 aliphatic carbocycles. The normalized spacial score (nSPS) is 14.3. The van der Waals surface area contributed by atoms with Gasteiger partial charge in [0.05, 0.1) is 19.8 Å². The van der Waals surface area contributed by atoms with Gasteiger partial charge in [-0.25, -0.2) is 4.57 Å². The molecule has 0 radical (unpaired) electrons. The number of aliphatic hydroxyl groups excluding tert-OH is 2. The van der Waals surface area contributed by atoms with Gasteiger partial charge >= 0.3 is 19.8 Å². The number of hydrogen-bond acceptors (Lipinski definition) is 9. The second kappa shape index (κ2) is 47.4. The third-order valence-electron chi connectivity index (χ3n) is 10.3. The lowest BCUT2D eigenvalue weighted by Crippen LogP contribution is -2.29. The number of carbonyl (C=O) groups is 2. The number of ether oxygens (including phenoxy) is 2. The summed E-state index contributed by atoms with van der Waals surface area (Å²) in [5.41, 5.74) is 0. The Hall–Kier alpha value is -2.59. The highest BCUT2D eigenvalue weighted by Crippen LogP contribution is 2.43. The average Bonchev–Trinajstić information content (AvgIpc) is 3.27. The number of phosphoric acid groups is 1. The number of allylic oxidation sites excluding steroid dienone is 12. The summed E-state index contributed by atoms with van der Waals surface area (Å²) in [7, 11) is -4.64. The van der Waals surface area contributed by atoms with Crippen molar-refractivity contribution < 1.29 is 47.8 Å². The lowest BCUT2D eigenvalue weighted by Gasteiger charge is -2.20. The third kappa shape index (κ3) is 47.2. The van der Waals surface area contributed by atoms with Gasteiger partial charge < -0.3 is 24.6 Å². The fourth-order valence-electron chi connectivity index (χ4n) is 6.48. The van der Waals surface area contributed by atoms with E-state index in [-0.39, 0.29) is 19.4 Å². The quantitative estimate of drug-likeness (QED) is 0.0233. The zero-order valence-electron chi connectivity index (χ0n) is 39.8. The van der Waals surface area contributed by atoms with Crippen molar-refractivity contribution in [3.05, 3.63) is 72.9 Å². The third-order valence-corrected chi connectivity index (χ3v) is 11.2. The summed E-state index contributed by atoms with van der Waals surface area (Å²) in [5, 5.41) is 18.4. The SMILES string of the molecule is CCC/C=C/C/C=C/C/C=C/C/C=C/CCCCCC(=O)O[C@@H](COC(=O)CCC/C=C/CC/C=C/CCCCCCCCCCCCCCCC)COP(=O)(O)OC[C@H](O)CO. The van der Waals surface area contributed by atoms with Crippen LogP contribution in [0, 0.1) is 0 Å². The molecule has 0 rings (SSSR count). The van der Waals surface area contributed by atoms with Crippen LogP contribution in [-0.2, 0) is 32.7 Å². The number of phosphoric ester groups is 1. The molecule has 0 amide bonds. The van der Waals surface area contributed by atoms with Crippen molar-refractivity contribution in [2.45, 2.75) is 219 Å². The van der Waals surface area contributed by atoms with Crippen molar-refractivity contribution in [2.24, 2.45) is 0 Å². The maximum Gasteiger partial charge on any atom is 0.472 e. The van der Waals surface area contributed by atoms with Crippen LogP contribution in [0.3, 0.4) is 0 Å². The molecule has 10 nitrogen and oxygen atoms in total. The lowest BCUT2D eigenvalue weighted by molar-refractivity contribution is -0.161. The topological polar surface area (TPSA) is 149 Å². The first-order valence-electron chi connectivity index (χ1n) is 24.9. The van der Waals surface area contributed by atoms with Gasteiger partial charge in [-0.3, -0.25) is 18.6 Å². The molecule has 0 aliphatic heterocycles. The van der Waals surface area contributed by atoms with E-state index in [1.165, 1.54) is 96.3 Å². The second-order valence-corrected chi connectivity index (χ2v) is 17.9. The van der Waals surface area contributed by atoms with Crippen molar-refractivity contribution in [2.75, 3.05) is 26.4 Å². The highest BCUT2D eigenvalue weighted by molar-refractivity contribution is 7.47. The summed E-state index contributed by atoms with van der Waals surface area (Å²) in [6.07, 6.45) is 56.0. The van der Waals surface area contributed by atoms with Crippen LogP contribution >= 0.6 is 7.82 Å². The summed E-state index contributed by atoms with van der Waals surface area (Å²) in [6, 6.07) is 0. The smallest absolute Gasteiger partial charge is 0.462 e. The van der Waals surface area contributed by atoms with Crippen molar-refractivity contribution in [1.82, 2.24) is 0 Å². The molecule has 0 aliphatic rings. The van der Waals surface area contributed by atoms with Crippen molar-refractivity contribution >= 4 is 19.8 Å². The van der Waals surface area contributed by atoms with E-state index in [0.717, 1.165) is 70.6 Å². The number of unbranched alkanes of at least 4 members (excludes halogenated alkanes) is 20. The first-order chi connectivity index (χ1) is 30.7. The molecular formula is C52H91O10P.